The molecule has 5 heteroatoms. The van der Waals surface area contributed by atoms with Crippen LogP contribution in [-0.4, -0.2) is 12.4 Å². The maximum Gasteiger partial charge on any atom is 0.200 e. The average molecular weight is 334 g/mol. The van der Waals surface area contributed by atoms with E-state index in [0.29, 0.717) is 5.56 Å². The molecule has 0 heterocycles. The zero-order chi connectivity index (χ0) is 14.5. The molecule has 100 valence electrons. The molecule has 0 aliphatic rings. The number of ether oxygens (including phenoxy) is 1. The maximum atomic E-state index is 13.4. The number of halogens is 2. The molecule has 0 unspecified atom stereocenters. The highest BCUT2D eigenvalue weighted by Gasteiger charge is 2.09. The van der Waals surface area contributed by atoms with Gasteiger partial charge in [0.25, 0.3) is 0 Å². The monoisotopic (exact) mass is 333 g/mol. The summed E-state index contributed by atoms with van der Waals surface area (Å²) in [6.07, 6.45) is 0. The number of Topliss-reactive ketones (excluding diaryl/α,β-unsaturated/α-hetero) is 1. The van der Waals surface area contributed by atoms with Crippen molar-refractivity contribution in [2.45, 2.75) is 0 Å². The molecule has 0 N–H and O–H groups in total. The Morgan fingerprint density at radius 3 is 2.75 bits per heavy atom. The van der Waals surface area contributed by atoms with E-state index in [9.17, 15) is 9.18 Å². The number of carbonyl (C=O) groups is 1. The van der Waals surface area contributed by atoms with Crippen LogP contribution in [0.1, 0.15) is 15.9 Å². The molecule has 20 heavy (non-hydrogen) atoms. The second kappa shape index (κ2) is 6.31. The van der Waals surface area contributed by atoms with E-state index in [4.69, 9.17) is 10.00 Å². The molecule has 0 amide bonds. The fourth-order valence-electron chi connectivity index (χ4n) is 1.57. The number of rotatable bonds is 4. The van der Waals surface area contributed by atoms with Crippen LogP contribution in [0.25, 0.3) is 0 Å². The van der Waals surface area contributed by atoms with Crippen LogP contribution in [-0.2, 0) is 0 Å². The number of benzene rings is 2. The van der Waals surface area contributed by atoms with Crippen LogP contribution < -0.4 is 4.74 Å². The molecule has 0 saturated carbocycles. The summed E-state index contributed by atoms with van der Waals surface area (Å²) in [4.78, 5) is 11.9. The highest BCUT2D eigenvalue weighted by Crippen LogP contribution is 2.17. The first-order chi connectivity index (χ1) is 9.60. The van der Waals surface area contributed by atoms with Crippen molar-refractivity contribution in [1.29, 1.82) is 5.26 Å². The number of hydrogen-bond donors (Lipinski definition) is 0. The Kier molecular flexibility index (Phi) is 4.49. The first kappa shape index (κ1) is 14.2. The number of nitrogens with zero attached hydrogens (tertiary/aromatic N) is 1. The molecule has 0 bridgehead atoms. The van der Waals surface area contributed by atoms with Crippen molar-refractivity contribution in [3.8, 4) is 11.8 Å². The number of nitriles is 1. The Labute approximate surface area is 123 Å². The predicted molar refractivity (Wildman–Crippen MR) is 75.1 cm³/mol. The fraction of sp³-hybridized carbons (Fsp3) is 0.0667. The fourth-order valence-corrected chi connectivity index (χ4v) is 1.97. The van der Waals surface area contributed by atoms with Gasteiger partial charge in [-0.3, -0.25) is 4.79 Å². The van der Waals surface area contributed by atoms with Crippen LogP contribution in [0.3, 0.4) is 0 Å². The summed E-state index contributed by atoms with van der Waals surface area (Å²) in [6, 6.07) is 12.5. The predicted octanol–water partition coefficient (Wildman–Crippen LogP) is 3.72. The van der Waals surface area contributed by atoms with E-state index in [-0.39, 0.29) is 23.7 Å². The van der Waals surface area contributed by atoms with E-state index in [1.54, 1.807) is 24.3 Å². The standard InChI is InChI=1S/C15H9BrFNO2/c16-12-3-1-2-10(6-12)15(19)9-20-13-5-4-11(8-18)14(17)7-13/h1-7H,9H2. The van der Waals surface area contributed by atoms with Gasteiger partial charge < -0.3 is 4.74 Å². The summed E-state index contributed by atoms with van der Waals surface area (Å²) >= 11 is 3.28. The Morgan fingerprint density at radius 2 is 2.10 bits per heavy atom. The molecule has 0 spiro atoms. The summed E-state index contributed by atoms with van der Waals surface area (Å²) in [7, 11) is 0. The van der Waals surface area contributed by atoms with E-state index in [1.807, 2.05) is 6.07 Å². The van der Waals surface area contributed by atoms with Crippen molar-refractivity contribution in [3.63, 3.8) is 0 Å². The SMILES string of the molecule is N#Cc1ccc(OCC(=O)c2cccc(Br)c2)cc1F. The van der Waals surface area contributed by atoms with Crippen molar-refractivity contribution in [2.24, 2.45) is 0 Å². The van der Waals surface area contributed by atoms with Crippen LogP contribution >= 0.6 is 15.9 Å². The van der Waals surface area contributed by atoms with E-state index in [1.165, 1.54) is 12.1 Å². The van der Waals surface area contributed by atoms with Crippen molar-refractivity contribution >= 4 is 21.7 Å². The summed E-state index contributed by atoms with van der Waals surface area (Å²) < 4.78 is 19.4. The van der Waals surface area contributed by atoms with E-state index < -0.39 is 5.82 Å². The summed E-state index contributed by atoms with van der Waals surface area (Å²) in [5.41, 5.74) is 0.448. The molecule has 3 nitrogen and oxygen atoms in total. The summed E-state index contributed by atoms with van der Waals surface area (Å²) in [5.74, 6) is -0.666. The topological polar surface area (TPSA) is 50.1 Å². The van der Waals surface area contributed by atoms with Crippen LogP contribution in [0.15, 0.2) is 46.9 Å². The minimum Gasteiger partial charge on any atom is -0.485 e. The van der Waals surface area contributed by atoms with E-state index in [2.05, 4.69) is 15.9 Å². The lowest BCUT2D eigenvalue weighted by atomic mass is 10.1. The molecule has 0 aromatic heterocycles. The second-order valence-corrected chi connectivity index (χ2v) is 4.89. The van der Waals surface area contributed by atoms with Crippen LogP contribution in [0.2, 0.25) is 0 Å². The molecule has 2 aromatic carbocycles. The van der Waals surface area contributed by atoms with Gasteiger partial charge in [-0.15, -0.1) is 0 Å². The van der Waals surface area contributed by atoms with Gasteiger partial charge in [-0.05, 0) is 24.3 Å². The average Bonchev–Trinajstić information content (AvgIpc) is 2.45. The molecule has 0 radical (unpaired) electrons. The second-order valence-electron chi connectivity index (χ2n) is 3.98. The molecule has 0 atom stereocenters. The van der Waals surface area contributed by atoms with Crippen LogP contribution in [0.5, 0.6) is 5.75 Å². The molecule has 2 rings (SSSR count). The zero-order valence-electron chi connectivity index (χ0n) is 10.3. The van der Waals surface area contributed by atoms with Gasteiger partial charge in [-0.1, -0.05) is 28.1 Å². The highest BCUT2D eigenvalue weighted by molar-refractivity contribution is 9.10. The third kappa shape index (κ3) is 3.43. The molecule has 0 aliphatic carbocycles. The third-order valence-corrected chi connectivity index (χ3v) is 3.07. The lowest BCUT2D eigenvalue weighted by Crippen LogP contribution is -2.11. The smallest absolute Gasteiger partial charge is 0.200 e. The first-order valence-electron chi connectivity index (χ1n) is 5.71. The molecule has 0 fully saturated rings. The maximum absolute atomic E-state index is 13.4. The minimum atomic E-state index is -0.667. The van der Waals surface area contributed by atoms with Crippen molar-refractivity contribution < 1.29 is 13.9 Å². The lowest BCUT2D eigenvalue weighted by molar-refractivity contribution is 0.0921. The van der Waals surface area contributed by atoms with Crippen LogP contribution in [0, 0.1) is 17.1 Å². The number of carbonyl (C=O) groups excluding carboxylic acids is 1. The molecular weight excluding hydrogens is 325 g/mol. The van der Waals surface area contributed by atoms with E-state index in [0.717, 1.165) is 10.5 Å². The zero-order valence-corrected chi connectivity index (χ0v) is 11.9. The third-order valence-electron chi connectivity index (χ3n) is 2.58. The first-order valence-corrected chi connectivity index (χ1v) is 6.50. The van der Waals surface area contributed by atoms with Gasteiger partial charge >= 0.3 is 0 Å². The quantitative estimate of drug-likeness (QED) is 0.801. The Balaban J connectivity index is 2.04. The van der Waals surface area contributed by atoms with Gasteiger partial charge in [0.1, 0.15) is 17.6 Å². The van der Waals surface area contributed by atoms with Gasteiger partial charge in [0.15, 0.2) is 12.4 Å². The Bertz CT molecular complexity index is 695. The van der Waals surface area contributed by atoms with Gasteiger partial charge in [-0.2, -0.15) is 5.26 Å². The molecule has 0 aliphatic heterocycles. The van der Waals surface area contributed by atoms with Crippen molar-refractivity contribution in [1.82, 2.24) is 0 Å². The highest BCUT2D eigenvalue weighted by atomic mass is 79.9. The van der Waals surface area contributed by atoms with Gasteiger partial charge in [0, 0.05) is 16.1 Å². The Hall–Kier alpha value is -2.19. The summed E-state index contributed by atoms with van der Waals surface area (Å²) in [6.45, 7) is -0.193. The largest absolute Gasteiger partial charge is 0.485 e. The molecule has 0 saturated heterocycles. The summed E-state index contributed by atoms with van der Waals surface area (Å²) in [5, 5.41) is 8.61. The van der Waals surface area contributed by atoms with Crippen molar-refractivity contribution in [3.05, 3.63) is 63.9 Å². The minimum absolute atomic E-state index is 0.0596. The van der Waals surface area contributed by atoms with Crippen molar-refractivity contribution in [2.75, 3.05) is 6.61 Å². The van der Waals surface area contributed by atoms with Gasteiger partial charge in [0.05, 0.1) is 5.56 Å². The molecule has 2 aromatic rings. The van der Waals surface area contributed by atoms with Gasteiger partial charge in [-0.25, -0.2) is 4.39 Å². The van der Waals surface area contributed by atoms with E-state index >= 15 is 0 Å². The van der Waals surface area contributed by atoms with Crippen LogP contribution in [0.4, 0.5) is 4.39 Å². The van der Waals surface area contributed by atoms with Gasteiger partial charge in [0.2, 0.25) is 0 Å². The lowest BCUT2D eigenvalue weighted by Gasteiger charge is -2.06. The number of hydrogen-bond acceptors (Lipinski definition) is 3. The Morgan fingerprint density at radius 1 is 1.30 bits per heavy atom. The number of ketones is 1. The normalized spacial score (nSPS) is 9.85. The molecular formula is C15H9BrFNO2.